The van der Waals surface area contributed by atoms with E-state index in [4.69, 9.17) is 4.99 Å². The standard InChI is InChI=1S/C55H33NS/c1-2-14-35(15-3-1)38-29-31-50(40-27-26-36-16-4-5-17-37(36)32-40)56-51(34-38)44-21-7-6-18-41(44)39-28-30-49-46(33-39)53-45-22-10-13-25-52(45)57-54(53)55(49)47-23-11-8-19-42(47)43-20-9-12-24-48(43)55/h1-28,30-34H. The van der Waals surface area contributed by atoms with E-state index in [0.29, 0.717) is 0 Å². The molecule has 9 aromatic rings. The Hall–Kier alpha value is -7.09. The molecule has 0 saturated carbocycles. The lowest BCUT2D eigenvalue weighted by Gasteiger charge is -2.29. The van der Waals surface area contributed by atoms with Crippen molar-refractivity contribution in [2.75, 3.05) is 0 Å². The average molecular weight is 740 g/mol. The van der Waals surface area contributed by atoms with Crippen LogP contribution in [0.1, 0.15) is 38.3 Å². The first-order valence-electron chi connectivity index (χ1n) is 19.5. The largest absolute Gasteiger partial charge is 0.247 e. The summed E-state index contributed by atoms with van der Waals surface area (Å²) >= 11 is 1.95. The van der Waals surface area contributed by atoms with E-state index >= 15 is 0 Å². The van der Waals surface area contributed by atoms with Crippen molar-refractivity contribution in [3.8, 4) is 33.4 Å². The molecule has 8 aromatic carbocycles. The Morgan fingerprint density at radius 1 is 0.456 bits per heavy atom. The second-order valence-electron chi connectivity index (χ2n) is 15.1. The molecule has 1 aromatic heterocycles. The van der Waals surface area contributed by atoms with Crippen LogP contribution < -0.4 is 0 Å². The number of hydrogen-bond acceptors (Lipinski definition) is 2. The van der Waals surface area contributed by atoms with E-state index in [2.05, 4.69) is 200 Å². The molecule has 2 heteroatoms. The molecule has 57 heavy (non-hydrogen) atoms. The fourth-order valence-electron chi connectivity index (χ4n) is 9.61. The molecule has 3 aliphatic rings. The number of fused-ring (bicyclic) bond motifs is 13. The Kier molecular flexibility index (Phi) is 7.04. The van der Waals surface area contributed by atoms with Crippen LogP contribution in [-0.4, -0.2) is 5.71 Å². The van der Waals surface area contributed by atoms with Crippen LogP contribution in [0, 0.1) is 0 Å². The maximum atomic E-state index is 5.47. The first kappa shape index (κ1) is 32.2. The molecule has 12 rings (SSSR count). The topological polar surface area (TPSA) is 12.4 Å². The fourth-order valence-corrected chi connectivity index (χ4v) is 11.1. The molecule has 0 bridgehead atoms. The lowest BCUT2D eigenvalue weighted by atomic mass is 9.73. The van der Waals surface area contributed by atoms with Crippen LogP contribution in [0.3, 0.4) is 0 Å². The summed E-state index contributed by atoms with van der Waals surface area (Å²) in [5.41, 5.74) is 21.1. The van der Waals surface area contributed by atoms with E-state index in [1.54, 1.807) is 0 Å². The summed E-state index contributed by atoms with van der Waals surface area (Å²) in [6.07, 6.45) is 4.26. The third-order valence-corrected chi connectivity index (χ3v) is 13.4. The number of aliphatic imine (C=N–C) groups is 1. The lowest BCUT2D eigenvalue weighted by Crippen LogP contribution is -2.24. The molecule has 0 atom stereocenters. The lowest BCUT2D eigenvalue weighted by molar-refractivity contribution is 0.812. The van der Waals surface area contributed by atoms with Gasteiger partial charge < -0.3 is 0 Å². The first-order chi connectivity index (χ1) is 28.3. The number of rotatable bonds is 4. The molecule has 0 saturated heterocycles. The summed E-state index contributed by atoms with van der Waals surface area (Å²) in [6, 6.07) is 68.7. The van der Waals surface area contributed by atoms with Gasteiger partial charge in [0.1, 0.15) is 0 Å². The molecule has 0 radical (unpaired) electrons. The van der Waals surface area contributed by atoms with Gasteiger partial charge in [0, 0.05) is 43.3 Å². The van der Waals surface area contributed by atoms with Gasteiger partial charge in [0.25, 0.3) is 0 Å². The summed E-state index contributed by atoms with van der Waals surface area (Å²) in [7, 11) is 0. The van der Waals surface area contributed by atoms with Gasteiger partial charge in [-0.05, 0) is 85.1 Å². The number of benzene rings is 8. The predicted octanol–water partition coefficient (Wildman–Crippen LogP) is 14.1. The number of allylic oxidation sites excluding steroid dienone is 2. The van der Waals surface area contributed by atoms with Crippen LogP contribution in [0.15, 0.2) is 211 Å². The van der Waals surface area contributed by atoms with Crippen molar-refractivity contribution in [3.63, 3.8) is 0 Å². The van der Waals surface area contributed by atoms with Crippen molar-refractivity contribution in [1.29, 1.82) is 0 Å². The van der Waals surface area contributed by atoms with E-state index in [9.17, 15) is 0 Å². The number of hydrogen-bond donors (Lipinski definition) is 0. The summed E-state index contributed by atoms with van der Waals surface area (Å²) in [5, 5.41) is 3.73. The SMILES string of the molecule is C1=CC(c2ccc3ccccc3c2)=NC(c2ccccc2-c2ccc3c(c2)-c2c(sc4ccccc24)C32c3ccccc3-c3ccccc32)=CC=1c1ccccc1. The summed E-state index contributed by atoms with van der Waals surface area (Å²) in [4.78, 5) is 6.89. The Labute approximate surface area is 335 Å². The maximum absolute atomic E-state index is 5.47. The van der Waals surface area contributed by atoms with Gasteiger partial charge in [-0.25, -0.2) is 4.99 Å². The molecule has 0 unspecified atom stereocenters. The molecular formula is C55H33NS. The third kappa shape index (κ3) is 4.73. The monoisotopic (exact) mass is 739 g/mol. The second kappa shape index (κ2) is 12.5. The Morgan fingerprint density at radius 3 is 1.89 bits per heavy atom. The van der Waals surface area contributed by atoms with Gasteiger partial charge in [0.2, 0.25) is 0 Å². The van der Waals surface area contributed by atoms with Crippen LogP contribution in [0.4, 0.5) is 0 Å². The molecular weight excluding hydrogens is 707 g/mol. The van der Waals surface area contributed by atoms with Gasteiger partial charge in [-0.15, -0.1) is 17.1 Å². The predicted molar refractivity (Wildman–Crippen MR) is 240 cm³/mol. The van der Waals surface area contributed by atoms with Crippen molar-refractivity contribution >= 4 is 49.2 Å². The quantitative estimate of drug-likeness (QED) is 0.159. The molecule has 1 nitrogen and oxygen atoms in total. The van der Waals surface area contributed by atoms with Gasteiger partial charge in [0.15, 0.2) is 0 Å². The van der Waals surface area contributed by atoms with Crippen molar-refractivity contribution in [1.82, 2.24) is 0 Å². The van der Waals surface area contributed by atoms with Gasteiger partial charge in [-0.1, -0.05) is 170 Å². The van der Waals surface area contributed by atoms with E-state index < -0.39 is 0 Å². The fraction of sp³-hybridized carbons (Fsp3) is 0.0182. The Bertz CT molecular complexity index is 3230. The van der Waals surface area contributed by atoms with E-state index in [1.165, 1.54) is 70.2 Å². The molecule has 1 aliphatic heterocycles. The van der Waals surface area contributed by atoms with Gasteiger partial charge >= 0.3 is 0 Å². The minimum atomic E-state index is -0.372. The zero-order chi connectivity index (χ0) is 37.5. The van der Waals surface area contributed by atoms with E-state index in [0.717, 1.165) is 39.2 Å². The highest BCUT2D eigenvalue weighted by molar-refractivity contribution is 7.20. The molecule has 2 heterocycles. The van der Waals surface area contributed by atoms with Crippen molar-refractivity contribution in [3.05, 3.63) is 244 Å². The smallest absolute Gasteiger partial charge is 0.0819 e. The van der Waals surface area contributed by atoms with Crippen LogP contribution in [-0.2, 0) is 5.41 Å². The maximum Gasteiger partial charge on any atom is 0.0819 e. The molecule has 2 aliphatic carbocycles. The summed E-state index contributed by atoms with van der Waals surface area (Å²) < 4.78 is 1.33. The highest BCUT2D eigenvalue weighted by Crippen LogP contribution is 2.66. The van der Waals surface area contributed by atoms with Crippen molar-refractivity contribution < 1.29 is 0 Å². The summed E-state index contributed by atoms with van der Waals surface area (Å²) in [5.74, 6) is 0. The van der Waals surface area contributed by atoms with Crippen LogP contribution in [0.25, 0.3) is 65.5 Å². The number of nitrogens with zero attached hydrogens (tertiary/aromatic N) is 1. The second-order valence-corrected chi connectivity index (χ2v) is 16.2. The minimum absolute atomic E-state index is 0.372. The molecule has 264 valence electrons. The number of thiophene rings is 1. The minimum Gasteiger partial charge on any atom is -0.247 e. The van der Waals surface area contributed by atoms with Crippen molar-refractivity contribution in [2.24, 2.45) is 4.99 Å². The average Bonchev–Trinajstić information content (AvgIpc) is 3.83. The third-order valence-electron chi connectivity index (χ3n) is 12.1. The first-order valence-corrected chi connectivity index (χ1v) is 20.4. The van der Waals surface area contributed by atoms with E-state index in [-0.39, 0.29) is 5.41 Å². The van der Waals surface area contributed by atoms with Gasteiger partial charge in [-0.2, -0.15) is 0 Å². The van der Waals surface area contributed by atoms with Crippen LogP contribution >= 0.6 is 11.3 Å². The molecule has 0 fully saturated rings. The van der Waals surface area contributed by atoms with Crippen LogP contribution in [0.2, 0.25) is 0 Å². The summed E-state index contributed by atoms with van der Waals surface area (Å²) in [6.45, 7) is 0. The van der Waals surface area contributed by atoms with Gasteiger partial charge in [0.05, 0.1) is 16.8 Å². The van der Waals surface area contributed by atoms with Gasteiger partial charge in [-0.3, -0.25) is 0 Å². The van der Waals surface area contributed by atoms with Crippen LogP contribution in [0.5, 0.6) is 0 Å². The van der Waals surface area contributed by atoms with E-state index in [1.807, 2.05) is 17.4 Å². The molecule has 1 spiro atoms. The molecule has 0 N–H and O–H groups in total. The highest BCUT2D eigenvalue weighted by Gasteiger charge is 2.53. The zero-order valence-corrected chi connectivity index (χ0v) is 31.7. The Morgan fingerprint density at radius 2 is 1.09 bits per heavy atom. The van der Waals surface area contributed by atoms with Crippen molar-refractivity contribution in [2.45, 2.75) is 5.41 Å². The molecule has 0 amide bonds. The highest BCUT2D eigenvalue weighted by atomic mass is 32.1. The zero-order valence-electron chi connectivity index (χ0n) is 30.9. The Balaban J connectivity index is 1.08. The normalized spacial score (nSPS) is 14.4.